The van der Waals surface area contributed by atoms with Crippen molar-refractivity contribution < 1.29 is 9.47 Å². The van der Waals surface area contributed by atoms with Gasteiger partial charge in [-0.3, -0.25) is 4.90 Å². The van der Waals surface area contributed by atoms with E-state index in [1.54, 1.807) is 13.2 Å². The molecule has 2 aliphatic rings. The molecule has 2 aliphatic heterocycles. The van der Waals surface area contributed by atoms with Crippen molar-refractivity contribution in [3.63, 3.8) is 0 Å². The Labute approximate surface area is 194 Å². The second-order valence-corrected chi connectivity index (χ2v) is 8.56. The predicted molar refractivity (Wildman–Crippen MR) is 130 cm³/mol. The van der Waals surface area contributed by atoms with Crippen molar-refractivity contribution in [2.45, 2.75) is 19.3 Å². The van der Waals surface area contributed by atoms with Crippen molar-refractivity contribution in [2.24, 2.45) is 0 Å². The molecule has 2 N–H and O–H groups in total. The Morgan fingerprint density at radius 2 is 2.00 bits per heavy atom. The predicted octanol–water partition coefficient (Wildman–Crippen LogP) is 5.01. The molecule has 6 nitrogen and oxygen atoms in total. The quantitative estimate of drug-likeness (QED) is 0.587. The summed E-state index contributed by atoms with van der Waals surface area (Å²) in [6, 6.07) is 11.6. The van der Waals surface area contributed by atoms with Gasteiger partial charge in [0.1, 0.15) is 24.2 Å². The largest absolute Gasteiger partial charge is 0.495 e. The van der Waals surface area contributed by atoms with Crippen molar-refractivity contribution in [2.75, 3.05) is 57.1 Å². The SMILES string of the molecule is COc1cc(NCC2=Cc3cc(Cl)c(OCCN4CCCCC4)cc3NC2)ccc1C#N. The molecular weight excluding hydrogens is 424 g/mol. The van der Waals surface area contributed by atoms with E-state index in [0.717, 1.165) is 35.8 Å². The van der Waals surface area contributed by atoms with Crippen molar-refractivity contribution in [1.29, 1.82) is 5.26 Å². The fourth-order valence-corrected chi connectivity index (χ4v) is 4.35. The molecule has 2 aromatic carbocycles. The number of halogens is 1. The van der Waals surface area contributed by atoms with Gasteiger partial charge in [0.25, 0.3) is 0 Å². The van der Waals surface area contributed by atoms with Gasteiger partial charge in [-0.25, -0.2) is 0 Å². The summed E-state index contributed by atoms with van der Waals surface area (Å²) in [6.45, 7) is 5.34. The minimum absolute atomic E-state index is 0.522. The molecule has 0 amide bonds. The Bertz CT molecular complexity index is 1030. The number of hydrogen-bond donors (Lipinski definition) is 2. The van der Waals surface area contributed by atoms with Gasteiger partial charge in [-0.1, -0.05) is 24.1 Å². The normalized spacial score (nSPS) is 15.7. The molecule has 1 fully saturated rings. The van der Waals surface area contributed by atoms with Crippen LogP contribution < -0.4 is 20.1 Å². The molecule has 0 unspecified atom stereocenters. The number of fused-ring (bicyclic) bond motifs is 1. The highest BCUT2D eigenvalue weighted by Gasteiger charge is 2.15. The Hall–Kier alpha value is -2.88. The van der Waals surface area contributed by atoms with E-state index in [9.17, 15) is 0 Å². The van der Waals surface area contributed by atoms with E-state index in [1.165, 1.54) is 37.9 Å². The molecule has 2 aromatic rings. The Kier molecular flexibility index (Phi) is 7.41. The maximum atomic E-state index is 9.13. The Balaban J connectivity index is 1.36. The molecule has 0 aliphatic carbocycles. The van der Waals surface area contributed by atoms with Crippen LogP contribution in [-0.4, -0.2) is 51.3 Å². The molecule has 0 aromatic heterocycles. The fraction of sp³-hybridized carbons (Fsp3) is 0.400. The molecule has 1 saturated heterocycles. The monoisotopic (exact) mass is 452 g/mol. The lowest BCUT2D eigenvalue weighted by Crippen LogP contribution is -2.33. The summed E-state index contributed by atoms with van der Waals surface area (Å²) in [5.74, 6) is 1.30. The lowest BCUT2D eigenvalue weighted by Gasteiger charge is -2.26. The number of hydrogen-bond acceptors (Lipinski definition) is 6. The second kappa shape index (κ2) is 10.6. The summed E-state index contributed by atoms with van der Waals surface area (Å²) >= 11 is 6.51. The lowest BCUT2D eigenvalue weighted by atomic mass is 10.0. The van der Waals surface area contributed by atoms with Crippen LogP contribution in [0.5, 0.6) is 11.5 Å². The third kappa shape index (κ3) is 5.48. The van der Waals surface area contributed by atoms with Crippen LogP contribution >= 0.6 is 11.6 Å². The zero-order valence-electron chi connectivity index (χ0n) is 18.4. The van der Waals surface area contributed by atoms with Gasteiger partial charge in [0.05, 0.1) is 17.7 Å². The van der Waals surface area contributed by atoms with E-state index in [2.05, 4.69) is 27.7 Å². The maximum Gasteiger partial charge on any atom is 0.140 e. The third-order valence-corrected chi connectivity index (χ3v) is 6.22. The second-order valence-electron chi connectivity index (χ2n) is 8.16. The van der Waals surface area contributed by atoms with Crippen LogP contribution in [0, 0.1) is 11.3 Å². The van der Waals surface area contributed by atoms with Gasteiger partial charge >= 0.3 is 0 Å². The fourth-order valence-electron chi connectivity index (χ4n) is 4.12. The summed E-state index contributed by atoms with van der Waals surface area (Å²) in [5.41, 5.74) is 4.72. The molecule has 0 radical (unpaired) electrons. The van der Waals surface area contributed by atoms with E-state index in [4.69, 9.17) is 26.3 Å². The van der Waals surface area contributed by atoms with Gasteiger partial charge in [0, 0.05) is 43.1 Å². The zero-order valence-corrected chi connectivity index (χ0v) is 19.2. The van der Waals surface area contributed by atoms with Crippen molar-refractivity contribution in [3.8, 4) is 17.6 Å². The summed E-state index contributed by atoms with van der Waals surface area (Å²) < 4.78 is 11.3. The van der Waals surface area contributed by atoms with Crippen LogP contribution in [-0.2, 0) is 0 Å². The Morgan fingerprint density at radius 1 is 1.16 bits per heavy atom. The van der Waals surface area contributed by atoms with Crippen LogP contribution in [0.1, 0.15) is 30.4 Å². The number of nitriles is 1. The molecular formula is C25H29ClN4O2. The first-order valence-electron chi connectivity index (χ1n) is 11.1. The van der Waals surface area contributed by atoms with Gasteiger partial charge < -0.3 is 20.1 Å². The molecule has 0 saturated carbocycles. The van der Waals surface area contributed by atoms with Gasteiger partial charge in [0.2, 0.25) is 0 Å². The molecule has 7 heteroatoms. The first-order chi connectivity index (χ1) is 15.7. The molecule has 0 atom stereocenters. The van der Waals surface area contributed by atoms with Crippen molar-refractivity contribution >= 4 is 29.1 Å². The molecule has 0 spiro atoms. The van der Waals surface area contributed by atoms with Gasteiger partial charge in [-0.2, -0.15) is 5.26 Å². The highest BCUT2D eigenvalue weighted by molar-refractivity contribution is 6.32. The van der Waals surface area contributed by atoms with Crippen LogP contribution in [0.4, 0.5) is 11.4 Å². The van der Waals surface area contributed by atoms with E-state index >= 15 is 0 Å². The van der Waals surface area contributed by atoms with E-state index < -0.39 is 0 Å². The third-order valence-electron chi connectivity index (χ3n) is 5.92. The topological polar surface area (TPSA) is 69.5 Å². The van der Waals surface area contributed by atoms with E-state index in [1.807, 2.05) is 24.3 Å². The molecule has 4 rings (SSSR count). The highest BCUT2D eigenvalue weighted by atomic mass is 35.5. The standard InChI is InChI=1S/C25H29ClN4O2/c1-31-24-13-21(6-5-19(24)15-27)28-16-18-11-20-12-22(26)25(14-23(20)29-17-18)32-10-9-30-7-3-2-4-8-30/h5-6,11-14,28-29H,2-4,7-10,16-17H2,1H3. The highest BCUT2D eigenvalue weighted by Crippen LogP contribution is 2.34. The molecule has 168 valence electrons. The van der Waals surface area contributed by atoms with Gasteiger partial charge in [-0.05, 0) is 55.3 Å². The number of anilines is 2. The van der Waals surface area contributed by atoms with E-state index in [0.29, 0.717) is 29.5 Å². The first kappa shape index (κ1) is 22.3. The van der Waals surface area contributed by atoms with Crippen LogP contribution in [0.3, 0.4) is 0 Å². The summed E-state index contributed by atoms with van der Waals surface area (Å²) in [7, 11) is 1.57. The number of nitrogens with zero attached hydrogens (tertiary/aromatic N) is 2. The number of likely N-dealkylation sites (tertiary alicyclic amines) is 1. The van der Waals surface area contributed by atoms with Crippen LogP contribution in [0.2, 0.25) is 5.02 Å². The number of methoxy groups -OCH3 is 1. The molecule has 0 bridgehead atoms. The lowest BCUT2D eigenvalue weighted by molar-refractivity contribution is 0.183. The minimum Gasteiger partial charge on any atom is -0.495 e. The number of benzene rings is 2. The summed E-state index contributed by atoms with van der Waals surface area (Å²) in [5, 5.41) is 16.6. The number of rotatable bonds is 8. The first-order valence-corrected chi connectivity index (χ1v) is 11.5. The number of nitrogens with one attached hydrogen (secondary N) is 2. The van der Waals surface area contributed by atoms with Crippen LogP contribution in [0.25, 0.3) is 6.08 Å². The molecule has 32 heavy (non-hydrogen) atoms. The maximum absolute atomic E-state index is 9.13. The van der Waals surface area contributed by atoms with Gasteiger partial charge in [-0.15, -0.1) is 0 Å². The smallest absolute Gasteiger partial charge is 0.140 e. The molecule has 2 heterocycles. The minimum atomic E-state index is 0.522. The zero-order chi connectivity index (χ0) is 22.3. The number of piperidine rings is 1. The summed E-state index contributed by atoms with van der Waals surface area (Å²) in [6.07, 6.45) is 6.06. The van der Waals surface area contributed by atoms with E-state index in [-0.39, 0.29) is 0 Å². The van der Waals surface area contributed by atoms with Gasteiger partial charge in [0.15, 0.2) is 0 Å². The van der Waals surface area contributed by atoms with Crippen molar-refractivity contribution in [1.82, 2.24) is 4.90 Å². The average molecular weight is 453 g/mol. The summed E-state index contributed by atoms with van der Waals surface area (Å²) in [4.78, 5) is 2.46. The van der Waals surface area contributed by atoms with Crippen LogP contribution in [0.15, 0.2) is 35.9 Å². The Morgan fingerprint density at radius 3 is 2.78 bits per heavy atom. The average Bonchev–Trinajstić information content (AvgIpc) is 2.83. The van der Waals surface area contributed by atoms with Crippen molar-refractivity contribution in [3.05, 3.63) is 52.1 Å². The number of ether oxygens (including phenoxy) is 2.